The number of hydrogen-bond donors (Lipinski definition) is 3. The fourth-order valence-corrected chi connectivity index (χ4v) is 3.61. The second-order valence-corrected chi connectivity index (χ2v) is 8.11. The molecule has 0 bridgehead atoms. The van der Waals surface area contributed by atoms with E-state index in [0.29, 0.717) is 0 Å². The first kappa shape index (κ1) is 22.5. The molecule has 15 nitrogen and oxygen atoms in total. The molecule has 0 aliphatic carbocycles. The van der Waals surface area contributed by atoms with Gasteiger partial charge >= 0.3 is 5.97 Å². The molecule has 4 rings (SSSR count). The Labute approximate surface area is 187 Å². The number of fused-ring (bicyclic) bond motifs is 3. The summed E-state index contributed by atoms with van der Waals surface area (Å²) in [5.74, 6) is -1.60. The molecular formula is C18H12N6O9S. The number of carboxylic acids is 1. The highest BCUT2D eigenvalue weighted by atomic mass is 32.2. The van der Waals surface area contributed by atoms with Gasteiger partial charge in [-0.1, -0.05) is 0 Å². The van der Waals surface area contributed by atoms with Gasteiger partial charge in [0.2, 0.25) is 0 Å². The molecule has 0 amide bonds. The first-order valence-electron chi connectivity index (χ1n) is 9.05. The Morgan fingerprint density at radius 2 is 1.97 bits per heavy atom. The topological polar surface area (TPSA) is 219 Å². The zero-order valence-corrected chi connectivity index (χ0v) is 17.7. The molecule has 34 heavy (non-hydrogen) atoms. The lowest BCUT2D eigenvalue weighted by Gasteiger charge is -2.05. The Morgan fingerprint density at radius 3 is 2.59 bits per heavy atom. The first-order valence-corrected chi connectivity index (χ1v) is 10.5. The highest BCUT2D eigenvalue weighted by Crippen LogP contribution is 2.33. The standard InChI is InChI=1S/C18H12N6O9S/c1-33-13-7-9(34(30,31)32)3-4-11(13)20-21-14-15(18(26)27)22-23-12-5-2-8(24(28)29)6-10(12)17(25)19-16(14)23/h2-7H,1H3,(H,19,25)(H,26,27)(H,30,31,32)/b21-20+. The van der Waals surface area contributed by atoms with E-state index in [0.717, 1.165) is 34.8 Å². The molecule has 0 saturated heterocycles. The number of non-ortho nitro benzene ring substituents is 1. The average Bonchev–Trinajstić information content (AvgIpc) is 3.15. The fourth-order valence-electron chi connectivity index (χ4n) is 3.12. The SMILES string of the molecule is COc1cc(S(=O)(=O)O)ccc1/N=N/c1c(C(=O)O)nn2c1[nH]c(=O)c1cc([N+](=O)[O-])ccc12. The van der Waals surface area contributed by atoms with Gasteiger partial charge in [0, 0.05) is 18.2 Å². The van der Waals surface area contributed by atoms with E-state index < -0.39 is 37.2 Å². The third-order valence-corrected chi connectivity index (χ3v) is 5.52. The molecule has 2 aromatic heterocycles. The molecule has 4 aromatic rings. The highest BCUT2D eigenvalue weighted by Gasteiger charge is 2.23. The van der Waals surface area contributed by atoms with Crippen LogP contribution in [0.2, 0.25) is 0 Å². The number of carbonyl (C=O) groups is 1. The molecule has 0 saturated carbocycles. The molecule has 16 heteroatoms. The van der Waals surface area contributed by atoms with E-state index in [1.807, 2.05) is 0 Å². The number of aromatic nitrogens is 3. The Hall–Kier alpha value is -4.70. The van der Waals surface area contributed by atoms with Gasteiger partial charge in [-0.25, -0.2) is 9.31 Å². The van der Waals surface area contributed by atoms with E-state index in [1.54, 1.807) is 0 Å². The van der Waals surface area contributed by atoms with Crippen LogP contribution in [0.15, 0.2) is 56.3 Å². The van der Waals surface area contributed by atoms with Gasteiger partial charge in [-0.3, -0.25) is 19.5 Å². The van der Waals surface area contributed by atoms with Crippen LogP contribution >= 0.6 is 0 Å². The number of ether oxygens (including phenoxy) is 1. The first-order chi connectivity index (χ1) is 16.0. The van der Waals surface area contributed by atoms with E-state index in [-0.39, 0.29) is 39.4 Å². The van der Waals surface area contributed by atoms with Crippen LogP contribution in [-0.4, -0.2) is 50.7 Å². The predicted octanol–water partition coefficient (Wildman–Crippen LogP) is 2.45. The van der Waals surface area contributed by atoms with Gasteiger partial charge in [0.15, 0.2) is 17.0 Å². The molecule has 2 aromatic carbocycles. The normalized spacial score (nSPS) is 11.9. The molecule has 0 atom stereocenters. The zero-order chi connectivity index (χ0) is 24.8. The van der Waals surface area contributed by atoms with Gasteiger partial charge in [-0.2, -0.15) is 13.5 Å². The summed E-state index contributed by atoms with van der Waals surface area (Å²) in [6, 6.07) is 6.58. The summed E-state index contributed by atoms with van der Waals surface area (Å²) in [7, 11) is -3.31. The van der Waals surface area contributed by atoms with E-state index in [4.69, 9.17) is 4.74 Å². The highest BCUT2D eigenvalue weighted by molar-refractivity contribution is 7.85. The van der Waals surface area contributed by atoms with Crippen molar-refractivity contribution in [1.29, 1.82) is 0 Å². The number of benzene rings is 2. The third kappa shape index (κ3) is 3.82. The summed E-state index contributed by atoms with van der Waals surface area (Å²) in [6.07, 6.45) is 0. The number of nitrogens with zero attached hydrogens (tertiary/aromatic N) is 5. The lowest BCUT2D eigenvalue weighted by atomic mass is 10.2. The number of azo groups is 1. The van der Waals surface area contributed by atoms with Crippen molar-refractivity contribution >= 4 is 49.7 Å². The number of H-pyrrole nitrogens is 1. The smallest absolute Gasteiger partial charge is 0.358 e. The molecule has 0 aliphatic heterocycles. The average molecular weight is 488 g/mol. The van der Waals surface area contributed by atoms with Gasteiger partial charge in [-0.05, 0) is 18.2 Å². The summed E-state index contributed by atoms with van der Waals surface area (Å²) >= 11 is 0. The maximum Gasteiger partial charge on any atom is 0.358 e. The molecule has 174 valence electrons. The fraction of sp³-hybridized carbons (Fsp3) is 0.0556. The maximum absolute atomic E-state index is 12.6. The van der Waals surface area contributed by atoms with Crippen molar-refractivity contribution in [2.45, 2.75) is 4.90 Å². The number of carboxylic acid groups (broad SMARTS) is 1. The third-order valence-electron chi connectivity index (χ3n) is 4.67. The maximum atomic E-state index is 12.6. The van der Waals surface area contributed by atoms with Gasteiger partial charge in [0.05, 0.1) is 27.8 Å². The minimum Gasteiger partial charge on any atom is -0.494 e. The lowest BCUT2D eigenvalue weighted by molar-refractivity contribution is -0.384. The van der Waals surface area contributed by atoms with Crippen LogP contribution in [0.5, 0.6) is 5.75 Å². The van der Waals surface area contributed by atoms with Gasteiger partial charge < -0.3 is 14.8 Å². The van der Waals surface area contributed by atoms with Gasteiger partial charge in [0.1, 0.15) is 11.4 Å². The number of nitrogens with one attached hydrogen (secondary N) is 1. The van der Waals surface area contributed by atoms with Crippen LogP contribution in [0.3, 0.4) is 0 Å². The molecule has 0 unspecified atom stereocenters. The van der Waals surface area contributed by atoms with Crippen molar-refractivity contribution in [1.82, 2.24) is 14.6 Å². The van der Waals surface area contributed by atoms with Crippen LogP contribution in [0, 0.1) is 10.1 Å². The summed E-state index contributed by atoms with van der Waals surface area (Å²) in [5, 5.41) is 32.2. The minimum absolute atomic E-state index is 0.0238. The molecule has 0 radical (unpaired) electrons. The second-order valence-electron chi connectivity index (χ2n) is 6.68. The lowest BCUT2D eigenvalue weighted by Crippen LogP contribution is -2.10. The van der Waals surface area contributed by atoms with Crippen molar-refractivity contribution in [3.8, 4) is 5.75 Å². The Morgan fingerprint density at radius 1 is 1.24 bits per heavy atom. The van der Waals surface area contributed by atoms with E-state index in [1.165, 1.54) is 13.2 Å². The number of rotatable bonds is 6. The largest absolute Gasteiger partial charge is 0.494 e. The van der Waals surface area contributed by atoms with E-state index >= 15 is 0 Å². The Bertz CT molecular complexity index is 1700. The number of aromatic amines is 1. The Balaban J connectivity index is 1.93. The van der Waals surface area contributed by atoms with E-state index in [2.05, 4.69) is 20.3 Å². The summed E-state index contributed by atoms with van der Waals surface area (Å²) in [4.78, 5) is 36.6. The predicted molar refractivity (Wildman–Crippen MR) is 114 cm³/mol. The van der Waals surface area contributed by atoms with Crippen LogP contribution in [0.25, 0.3) is 16.6 Å². The summed E-state index contributed by atoms with van der Waals surface area (Å²) in [5.41, 5.74) is -2.11. The molecule has 0 fully saturated rings. The van der Waals surface area contributed by atoms with Crippen molar-refractivity contribution in [3.63, 3.8) is 0 Å². The number of methoxy groups -OCH3 is 1. The van der Waals surface area contributed by atoms with Gasteiger partial charge in [-0.15, -0.1) is 10.2 Å². The minimum atomic E-state index is -4.52. The van der Waals surface area contributed by atoms with Crippen molar-refractivity contribution < 1.29 is 32.5 Å². The van der Waals surface area contributed by atoms with Gasteiger partial charge in [0.25, 0.3) is 21.4 Å². The monoisotopic (exact) mass is 488 g/mol. The van der Waals surface area contributed by atoms with Crippen molar-refractivity contribution in [2.24, 2.45) is 10.2 Å². The quantitative estimate of drug-likeness (QED) is 0.156. The molecular weight excluding hydrogens is 476 g/mol. The number of aromatic carboxylic acids is 1. The molecule has 0 spiro atoms. The van der Waals surface area contributed by atoms with Crippen LogP contribution in [0.4, 0.5) is 17.1 Å². The number of nitro groups is 1. The number of hydrogen-bond acceptors (Lipinski definition) is 10. The molecule has 0 aliphatic rings. The van der Waals surface area contributed by atoms with Crippen LogP contribution in [0.1, 0.15) is 10.5 Å². The van der Waals surface area contributed by atoms with Crippen LogP contribution < -0.4 is 10.3 Å². The van der Waals surface area contributed by atoms with Crippen molar-refractivity contribution in [3.05, 3.63) is 62.6 Å². The van der Waals surface area contributed by atoms with Crippen LogP contribution in [-0.2, 0) is 10.1 Å². The molecule has 3 N–H and O–H groups in total. The van der Waals surface area contributed by atoms with Crippen molar-refractivity contribution in [2.75, 3.05) is 7.11 Å². The summed E-state index contributed by atoms with van der Waals surface area (Å²) in [6.45, 7) is 0. The molecule has 2 heterocycles. The number of nitro benzene ring substituents is 1. The van der Waals surface area contributed by atoms with E-state index in [9.17, 15) is 37.8 Å². The second kappa shape index (κ2) is 8.01. The Kier molecular flexibility index (Phi) is 5.30. The zero-order valence-electron chi connectivity index (χ0n) is 16.9. The summed E-state index contributed by atoms with van der Waals surface area (Å²) < 4.78 is 37.9.